The van der Waals surface area contributed by atoms with Crippen molar-refractivity contribution in [3.05, 3.63) is 12.4 Å². The van der Waals surface area contributed by atoms with E-state index in [0.717, 1.165) is 19.3 Å². The Morgan fingerprint density at radius 2 is 2.17 bits per heavy atom. The topological polar surface area (TPSA) is 86.0 Å². The zero-order valence-electron chi connectivity index (χ0n) is 14.3. The molecule has 24 heavy (non-hydrogen) atoms. The van der Waals surface area contributed by atoms with Gasteiger partial charge in [0.25, 0.3) is 0 Å². The van der Waals surface area contributed by atoms with Crippen LogP contribution >= 0.6 is 0 Å². The number of aliphatic hydroxyl groups is 1. The third-order valence-corrected chi connectivity index (χ3v) is 5.13. The van der Waals surface area contributed by atoms with E-state index < -0.39 is 23.9 Å². The third kappa shape index (κ3) is 3.01. The van der Waals surface area contributed by atoms with Gasteiger partial charge in [-0.05, 0) is 19.3 Å². The molecule has 0 radical (unpaired) electrons. The summed E-state index contributed by atoms with van der Waals surface area (Å²) in [6.45, 7) is 0.775. The first-order valence-electron chi connectivity index (χ1n) is 8.19. The molecule has 1 unspecified atom stereocenters. The van der Waals surface area contributed by atoms with Crippen molar-refractivity contribution >= 4 is 5.97 Å². The van der Waals surface area contributed by atoms with Gasteiger partial charge in [0.2, 0.25) is 0 Å². The molecule has 3 atom stereocenters. The third-order valence-electron chi connectivity index (χ3n) is 5.13. The fourth-order valence-corrected chi connectivity index (χ4v) is 3.67. The van der Waals surface area contributed by atoms with Crippen molar-refractivity contribution in [1.82, 2.24) is 14.7 Å². The van der Waals surface area contributed by atoms with E-state index in [0.29, 0.717) is 18.8 Å². The molecule has 3 rings (SSSR count). The van der Waals surface area contributed by atoms with Crippen LogP contribution in [0.1, 0.15) is 19.3 Å². The van der Waals surface area contributed by atoms with Gasteiger partial charge >= 0.3 is 5.97 Å². The van der Waals surface area contributed by atoms with Crippen molar-refractivity contribution < 1.29 is 24.1 Å². The summed E-state index contributed by atoms with van der Waals surface area (Å²) in [5.41, 5.74) is -0.532. The van der Waals surface area contributed by atoms with E-state index >= 15 is 0 Å². The minimum Gasteiger partial charge on any atom is -0.483 e. The summed E-state index contributed by atoms with van der Waals surface area (Å²) >= 11 is 0. The number of hydrogen-bond donors (Lipinski definition) is 1. The summed E-state index contributed by atoms with van der Waals surface area (Å²) in [6, 6.07) is -0.529. The van der Waals surface area contributed by atoms with Crippen LogP contribution in [0.3, 0.4) is 0 Å². The van der Waals surface area contributed by atoms with Gasteiger partial charge in [-0.25, -0.2) is 0 Å². The summed E-state index contributed by atoms with van der Waals surface area (Å²) < 4.78 is 18.2. The molecule has 1 aromatic heterocycles. The number of aromatic nitrogens is 2. The number of esters is 1. The predicted molar refractivity (Wildman–Crippen MR) is 84.6 cm³/mol. The summed E-state index contributed by atoms with van der Waals surface area (Å²) in [4.78, 5) is 14.3. The molecule has 1 saturated heterocycles. The largest absolute Gasteiger partial charge is 0.483 e. The number of carbonyl (C=O) groups excluding carboxylic acids is 1. The average molecular weight is 339 g/mol. The molecule has 2 heterocycles. The molecule has 1 N–H and O–H groups in total. The second-order valence-corrected chi connectivity index (χ2v) is 6.58. The molecule has 0 amide bonds. The number of hydrogen-bond acceptors (Lipinski definition) is 7. The molecule has 8 nitrogen and oxygen atoms in total. The normalized spacial score (nSPS) is 27.5. The SMILES string of the molecule is COC(=O)C(N1C[C@@H](O)[C@H](Oc2cnn(C)c2)C1)C1(OC)CCC1. The number of nitrogens with zero attached hydrogens (tertiary/aromatic N) is 3. The van der Waals surface area contributed by atoms with Crippen molar-refractivity contribution in [3.63, 3.8) is 0 Å². The van der Waals surface area contributed by atoms with Crippen LogP contribution in [0.4, 0.5) is 0 Å². The van der Waals surface area contributed by atoms with Gasteiger partial charge in [0.05, 0.1) is 25.1 Å². The van der Waals surface area contributed by atoms with Gasteiger partial charge < -0.3 is 19.3 Å². The van der Waals surface area contributed by atoms with Gasteiger partial charge in [-0.15, -0.1) is 0 Å². The maximum Gasteiger partial charge on any atom is 0.326 e. The number of β-amino-alcohol motifs (C(OH)–C–C–N with tert-alkyl or cyclic N) is 1. The Labute approximate surface area is 141 Å². The Morgan fingerprint density at radius 1 is 1.42 bits per heavy atom. The first kappa shape index (κ1) is 17.2. The lowest BCUT2D eigenvalue weighted by molar-refractivity contribution is -0.173. The first-order chi connectivity index (χ1) is 11.5. The average Bonchev–Trinajstić information content (AvgIpc) is 3.08. The van der Waals surface area contributed by atoms with E-state index in [9.17, 15) is 9.90 Å². The minimum absolute atomic E-state index is 0.328. The van der Waals surface area contributed by atoms with Crippen LogP contribution in [0, 0.1) is 0 Å². The molecule has 1 saturated carbocycles. The Hall–Kier alpha value is -1.64. The number of likely N-dealkylation sites (tertiary alicyclic amines) is 1. The fourth-order valence-electron chi connectivity index (χ4n) is 3.67. The lowest BCUT2D eigenvalue weighted by atomic mass is 9.73. The number of aliphatic hydroxyl groups excluding tert-OH is 1. The quantitative estimate of drug-likeness (QED) is 0.728. The minimum atomic E-state index is -0.689. The highest BCUT2D eigenvalue weighted by Gasteiger charge is 2.54. The van der Waals surface area contributed by atoms with Crippen molar-refractivity contribution in [3.8, 4) is 5.75 Å². The van der Waals surface area contributed by atoms with Crippen LogP contribution in [0.15, 0.2) is 12.4 Å². The Kier molecular flexibility index (Phi) is 4.80. The summed E-state index contributed by atoms with van der Waals surface area (Å²) in [7, 11) is 4.81. The highest BCUT2D eigenvalue weighted by Crippen LogP contribution is 2.41. The van der Waals surface area contributed by atoms with E-state index in [2.05, 4.69) is 5.10 Å². The Bertz CT molecular complexity index is 581. The van der Waals surface area contributed by atoms with Crippen molar-refractivity contribution in [2.45, 2.75) is 43.1 Å². The van der Waals surface area contributed by atoms with Crippen molar-refractivity contribution in [2.24, 2.45) is 7.05 Å². The molecule has 2 aliphatic rings. The highest BCUT2D eigenvalue weighted by molar-refractivity contribution is 5.77. The molecule has 0 spiro atoms. The fraction of sp³-hybridized carbons (Fsp3) is 0.750. The number of carbonyl (C=O) groups is 1. The van der Waals surface area contributed by atoms with E-state index in [1.165, 1.54) is 7.11 Å². The number of rotatable bonds is 6. The summed E-state index contributed by atoms with van der Waals surface area (Å²) in [5.74, 6) is 0.272. The zero-order chi connectivity index (χ0) is 17.3. The van der Waals surface area contributed by atoms with Crippen LogP contribution in [-0.2, 0) is 21.3 Å². The molecule has 0 aromatic carbocycles. The smallest absolute Gasteiger partial charge is 0.326 e. The summed E-state index contributed by atoms with van der Waals surface area (Å²) in [6.07, 6.45) is 4.88. The van der Waals surface area contributed by atoms with Crippen molar-refractivity contribution in [1.29, 1.82) is 0 Å². The molecular weight excluding hydrogens is 314 g/mol. The van der Waals surface area contributed by atoms with Gasteiger partial charge in [0.1, 0.15) is 18.2 Å². The molecule has 1 aliphatic carbocycles. The molecule has 134 valence electrons. The van der Waals surface area contributed by atoms with Crippen LogP contribution in [-0.4, -0.2) is 76.9 Å². The van der Waals surface area contributed by atoms with Gasteiger partial charge in [-0.2, -0.15) is 5.10 Å². The first-order valence-corrected chi connectivity index (χ1v) is 8.19. The molecule has 8 heteroatoms. The Morgan fingerprint density at radius 3 is 2.67 bits per heavy atom. The number of methoxy groups -OCH3 is 2. The van der Waals surface area contributed by atoms with Crippen LogP contribution in [0.2, 0.25) is 0 Å². The molecule has 1 aliphatic heterocycles. The molecule has 2 fully saturated rings. The van der Waals surface area contributed by atoms with Gasteiger partial charge in [0.15, 0.2) is 5.75 Å². The number of ether oxygens (including phenoxy) is 3. The molecule has 1 aromatic rings. The maximum absolute atomic E-state index is 12.4. The van der Waals surface area contributed by atoms with Crippen LogP contribution in [0.5, 0.6) is 5.75 Å². The van der Waals surface area contributed by atoms with E-state index in [1.54, 1.807) is 31.2 Å². The van der Waals surface area contributed by atoms with Gasteiger partial charge in [-0.3, -0.25) is 14.4 Å². The lowest BCUT2D eigenvalue weighted by Crippen LogP contribution is -2.61. The monoisotopic (exact) mass is 339 g/mol. The molecule has 0 bridgehead atoms. The van der Waals surface area contributed by atoms with E-state index in [4.69, 9.17) is 14.2 Å². The van der Waals surface area contributed by atoms with E-state index in [1.807, 2.05) is 4.90 Å². The van der Waals surface area contributed by atoms with E-state index in [-0.39, 0.29) is 5.97 Å². The van der Waals surface area contributed by atoms with Crippen LogP contribution in [0.25, 0.3) is 0 Å². The van der Waals surface area contributed by atoms with Crippen molar-refractivity contribution in [2.75, 3.05) is 27.3 Å². The van der Waals surface area contributed by atoms with Gasteiger partial charge in [0, 0.05) is 27.2 Å². The molecular formula is C16H25N3O5. The second-order valence-electron chi connectivity index (χ2n) is 6.58. The zero-order valence-corrected chi connectivity index (χ0v) is 14.3. The van der Waals surface area contributed by atoms with Gasteiger partial charge in [-0.1, -0.05) is 0 Å². The highest BCUT2D eigenvalue weighted by atomic mass is 16.5. The standard InChI is InChI=1S/C16H25N3O5/c1-18-8-11(7-17-18)24-13-10-19(9-12(13)20)14(15(21)22-2)16(23-3)5-4-6-16/h7-8,12-14,20H,4-6,9-10H2,1-3H3/t12-,13-,14?/m1/s1. The van der Waals surface area contributed by atoms with Crippen LogP contribution < -0.4 is 4.74 Å². The second kappa shape index (κ2) is 6.70. The summed E-state index contributed by atoms with van der Waals surface area (Å²) in [5, 5.41) is 14.4. The maximum atomic E-state index is 12.4. The lowest BCUT2D eigenvalue weighted by Gasteiger charge is -2.47. The predicted octanol–water partition coefficient (Wildman–Crippen LogP) is -0.0453. The number of aryl methyl sites for hydroxylation is 1. The Balaban J connectivity index is 1.74.